The first-order valence-electron chi connectivity index (χ1n) is 10.1. The predicted molar refractivity (Wildman–Crippen MR) is 118 cm³/mol. The average Bonchev–Trinajstić information content (AvgIpc) is 2.82. The van der Waals surface area contributed by atoms with E-state index in [0.29, 0.717) is 17.2 Å². The first kappa shape index (κ1) is 24.0. The number of amides is 3. The van der Waals surface area contributed by atoms with Crippen LogP contribution in [0.15, 0.2) is 54.6 Å². The number of nitrogens with one attached hydrogen (secondary N) is 1. The summed E-state index contributed by atoms with van der Waals surface area (Å²) in [5, 5.41) is 2.97. The fourth-order valence-electron chi connectivity index (χ4n) is 3.05. The number of hydrogen-bond donors (Lipinski definition) is 2. The average molecular weight is 427 g/mol. The third-order valence-corrected chi connectivity index (χ3v) is 5.23. The van der Waals surface area contributed by atoms with Crippen LogP contribution in [-0.2, 0) is 14.4 Å². The molecule has 2 rings (SSSR count). The topological polar surface area (TPSA) is 105 Å². The molecule has 31 heavy (non-hydrogen) atoms. The number of nitrogens with two attached hydrogens (primary N) is 1. The molecule has 0 radical (unpaired) electrons. The van der Waals surface area contributed by atoms with Crippen LogP contribution in [0, 0.1) is 0 Å². The van der Waals surface area contributed by atoms with Crippen molar-refractivity contribution in [1.82, 2.24) is 15.4 Å². The maximum absolute atomic E-state index is 13.1. The Kier molecular flexibility index (Phi) is 8.30. The van der Waals surface area contributed by atoms with Gasteiger partial charge in [0.05, 0.1) is 6.61 Å². The number of hydroxylamine groups is 1. The van der Waals surface area contributed by atoms with Crippen LogP contribution in [0.25, 0.3) is 11.1 Å². The smallest absolute Gasteiger partial charge is 0.296 e. The minimum Gasteiger partial charge on any atom is -0.357 e. The molecule has 0 heterocycles. The molecule has 0 aliphatic heterocycles. The predicted octanol–water partition coefficient (Wildman–Crippen LogP) is 2.36. The van der Waals surface area contributed by atoms with Gasteiger partial charge in [-0.25, -0.2) is 5.84 Å². The highest BCUT2D eigenvalue weighted by atomic mass is 16.7. The van der Waals surface area contributed by atoms with Gasteiger partial charge in [-0.15, -0.1) is 5.17 Å². The number of carbonyl (C=O) groups is 3. The SMILES string of the molecule is CCCCON(N)C(=O)C(C)(C(=O)NC)N(C)C(=O)c1ccc(-c2ccccc2)cc1. The van der Waals surface area contributed by atoms with E-state index >= 15 is 0 Å². The molecular weight excluding hydrogens is 396 g/mol. The van der Waals surface area contributed by atoms with Crippen molar-refractivity contribution in [1.29, 1.82) is 0 Å². The van der Waals surface area contributed by atoms with E-state index in [1.54, 1.807) is 12.1 Å². The number of benzene rings is 2. The summed E-state index contributed by atoms with van der Waals surface area (Å²) in [5.41, 5.74) is 0.400. The maximum Gasteiger partial charge on any atom is 0.296 e. The van der Waals surface area contributed by atoms with Gasteiger partial charge in [0.25, 0.3) is 17.7 Å². The Balaban J connectivity index is 2.27. The number of hydrogen-bond acceptors (Lipinski definition) is 5. The van der Waals surface area contributed by atoms with Gasteiger partial charge in [-0.3, -0.25) is 19.2 Å². The number of unbranched alkanes of at least 4 members (excludes halogenated alkanes) is 1. The fourth-order valence-corrected chi connectivity index (χ4v) is 3.05. The van der Waals surface area contributed by atoms with Crippen molar-refractivity contribution in [3.8, 4) is 11.1 Å². The van der Waals surface area contributed by atoms with Crippen molar-refractivity contribution in [2.75, 3.05) is 20.7 Å². The summed E-state index contributed by atoms with van der Waals surface area (Å²) < 4.78 is 0. The molecule has 3 N–H and O–H groups in total. The van der Waals surface area contributed by atoms with Crippen LogP contribution >= 0.6 is 0 Å². The maximum atomic E-state index is 13.1. The van der Waals surface area contributed by atoms with Crippen molar-refractivity contribution in [2.24, 2.45) is 5.84 Å². The van der Waals surface area contributed by atoms with Crippen molar-refractivity contribution < 1.29 is 19.2 Å². The molecule has 0 bridgehead atoms. The van der Waals surface area contributed by atoms with Crippen LogP contribution in [0.4, 0.5) is 0 Å². The Morgan fingerprint density at radius 3 is 2.16 bits per heavy atom. The van der Waals surface area contributed by atoms with Crippen molar-refractivity contribution >= 4 is 17.7 Å². The van der Waals surface area contributed by atoms with Gasteiger partial charge in [0.2, 0.25) is 5.54 Å². The summed E-state index contributed by atoms with van der Waals surface area (Å²) in [6.07, 6.45) is 1.55. The van der Waals surface area contributed by atoms with Gasteiger partial charge in [0.15, 0.2) is 0 Å². The molecule has 2 aromatic rings. The second-order valence-electron chi connectivity index (χ2n) is 7.28. The minimum absolute atomic E-state index is 0.223. The van der Waals surface area contributed by atoms with E-state index in [0.717, 1.165) is 22.4 Å². The minimum atomic E-state index is -1.90. The third kappa shape index (κ3) is 5.28. The lowest BCUT2D eigenvalue weighted by Crippen LogP contribution is -2.66. The molecule has 1 unspecified atom stereocenters. The van der Waals surface area contributed by atoms with Crippen LogP contribution in [-0.4, -0.2) is 54.0 Å². The van der Waals surface area contributed by atoms with E-state index in [4.69, 9.17) is 10.7 Å². The highest BCUT2D eigenvalue weighted by molar-refractivity contribution is 6.12. The zero-order chi connectivity index (χ0) is 23.0. The first-order chi connectivity index (χ1) is 14.8. The summed E-state index contributed by atoms with van der Waals surface area (Å²) >= 11 is 0. The molecule has 0 aliphatic rings. The highest BCUT2D eigenvalue weighted by Gasteiger charge is 2.49. The number of hydrazine groups is 1. The lowest BCUT2D eigenvalue weighted by atomic mass is 9.96. The lowest BCUT2D eigenvalue weighted by molar-refractivity contribution is -0.199. The number of nitrogens with zero attached hydrogens (tertiary/aromatic N) is 2. The fraction of sp³-hybridized carbons (Fsp3) is 0.348. The Hall–Kier alpha value is -3.23. The van der Waals surface area contributed by atoms with Crippen LogP contribution in [0.3, 0.4) is 0 Å². The highest BCUT2D eigenvalue weighted by Crippen LogP contribution is 2.23. The van der Waals surface area contributed by atoms with Gasteiger partial charge < -0.3 is 10.2 Å². The molecular formula is C23H30N4O4. The van der Waals surface area contributed by atoms with Gasteiger partial charge in [-0.05, 0) is 36.6 Å². The Labute approximate surface area is 182 Å². The molecule has 0 spiro atoms. The lowest BCUT2D eigenvalue weighted by Gasteiger charge is -2.37. The van der Waals surface area contributed by atoms with Crippen molar-refractivity contribution in [3.05, 3.63) is 60.2 Å². The van der Waals surface area contributed by atoms with E-state index in [1.165, 1.54) is 21.0 Å². The van der Waals surface area contributed by atoms with Gasteiger partial charge in [-0.2, -0.15) is 0 Å². The van der Waals surface area contributed by atoms with Gasteiger partial charge in [0.1, 0.15) is 0 Å². The van der Waals surface area contributed by atoms with Crippen LogP contribution in [0.2, 0.25) is 0 Å². The summed E-state index contributed by atoms with van der Waals surface area (Å²) in [6.45, 7) is 3.53. The van der Waals surface area contributed by atoms with Gasteiger partial charge in [0, 0.05) is 19.7 Å². The van der Waals surface area contributed by atoms with Gasteiger partial charge >= 0.3 is 0 Å². The third-order valence-electron chi connectivity index (χ3n) is 5.23. The molecule has 1 atom stereocenters. The molecule has 3 amide bonds. The number of carbonyl (C=O) groups excluding carboxylic acids is 3. The van der Waals surface area contributed by atoms with E-state index in [1.807, 2.05) is 49.4 Å². The Bertz CT molecular complexity index is 902. The molecule has 0 aliphatic carbocycles. The molecule has 8 heteroatoms. The Morgan fingerprint density at radius 2 is 1.61 bits per heavy atom. The van der Waals surface area contributed by atoms with E-state index in [2.05, 4.69) is 5.32 Å². The van der Waals surface area contributed by atoms with E-state index < -0.39 is 23.3 Å². The summed E-state index contributed by atoms with van der Waals surface area (Å²) in [4.78, 5) is 45.1. The van der Waals surface area contributed by atoms with Crippen molar-refractivity contribution in [2.45, 2.75) is 32.2 Å². The van der Waals surface area contributed by atoms with E-state index in [9.17, 15) is 14.4 Å². The Morgan fingerprint density at radius 1 is 1.03 bits per heavy atom. The summed E-state index contributed by atoms with van der Waals surface area (Å²) in [7, 11) is 2.78. The normalized spacial score (nSPS) is 12.5. The zero-order valence-corrected chi connectivity index (χ0v) is 18.4. The number of rotatable bonds is 9. The van der Waals surface area contributed by atoms with Crippen LogP contribution in [0.1, 0.15) is 37.0 Å². The molecule has 8 nitrogen and oxygen atoms in total. The first-order valence-corrected chi connectivity index (χ1v) is 10.1. The van der Waals surface area contributed by atoms with Crippen LogP contribution < -0.4 is 11.2 Å². The number of likely N-dealkylation sites (N-methyl/N-ethyl adjacent to an activating group) is 2. The quantitative estimate of drug-likeness (QED) is 0.211. The second-order valence-corrected chi connectivity index (χ2v) is 7.28. The largest absolute Gasteiger partial charge is 0.357 e. The van der Waals surface area contributed by atoms with E-state index in [-0.39, 0.29) is 6.61 Å². The zero-order valence-electron chi connectivity index (χ0n) is 18.4. The van der Waals surface area contributed by atoms with Crippen molar-refractivity contribution in [3.63, 3.8) is 0 Å². The molecule has 0 saturated heterocycles. The summed E-state index contributed by atoms with van der Waals surface area (Å²) in [5.74, 6) is 3.72. The second kappa shape index (κ2) is 10.7. The van der Waals surface area contributed by atoms with Gasteiger partial charge in [-0.1, -0.05) is 55.8 Å². The standard InChI is InChI=1S/C23H30N4O4/c1-5-6-16-31-27(24)22(30)23(2,21(29)25-3)26(4)20(28)19-14-12-18(13-15-19)17-10-8-7-9-11-17/h7-15H,5-6,16,24H2,1-4H3,(H,25,29). The molecule has 0 saturated carbocycles. The summed E-state index contributed by atoms with van der Waals surface area (Å²) in [6, 6.07) is 16.7. The molecule has 0 fully saturated rings. The monoisotopic (exact) mass is 426 g/mol. The molecule has 2 aromatic carbocycles. The molecule has 0 aromatic heterocycles. The molecule has 166 valence electrons. The van der Waals surface area contributed by atoms with Crippen LogP contribution in [0.5, 0.6) is 0 Å².